The number of rotatable bonds is 6. The molecule has 0 radical (unpaired) electrons. The third kappa shape index (κ3) is 5.13. The molecular formula is C22H26N2O2S. The van der Waals surface area contributed by atoms with Crippen molar-refractivity contribution in [3.8, 4) is 0 Å². The lowest BCUT2D eigenvalue weighted by atomic mass is 10.0. The molecule has 1 aliphatic rings. The number of hydrogen-bond acceptors (Lipinski definition) is 3. The van der Waals surface area contributed by atoms with Crippen molar-refractivity contribution in [3.05, 3.63) is 64.7 Å². The Morgan fingerprint density at radius 1 is 1.04 bits per heavy atom. The van der Waals surface area contributed by atoms with E-state index in [0.29, 0.717) is 17.0 Å². The number of nitrogens with one attached hydrogen (secondary N) is 1. The third-order valence-electron chi connectivity index (χ3n) is 4.78. The Bertz CT molecular complexity index is 812. The zero-order valence-electron chi connectivity index (χ0n) is 16.0. The van der Waals surface area contributed by atoms with E-state index in [1.807, 2.05) is 30.0 Å². The van der Waals surface area contributed by atoms with Crippen LogP contribution in [0.5, 0.6) is 0 Å². The van der Waals surface area contributed by atoms with E-state index in [-0.39, 0.29) is 11.8 Å². The molecule has 4 nitrogen and oxygen atoms in total. The number of carbonyl (C=O) groups is 2. The SMILES string of the molecule is Cc1ccc(CSCC(=O)Nc2cccc(C)c2C(=O)N2CCCC2)cc1. The highest BCUT2D eigenvalue weighted by Gasteiger charge is 2.24. The molecule has 2 aromatic rings. The smallest absolute Gasteiger partial charge is 0.256 e. The van der Waals surface area contributed by atoms with Gasteiger partial charge in [-0.05, 0) is 43.9 Å². The fraction of sp³-hybridized carbons (Fsp3) is 0.364. The second kappa shape index (κ2) is 9.09. The van der Waals surface area contributed by atoms with Gasteiger partial charge in [-0.25, -0.2) is 0 Å². The monoisotopic (exact) mass is 382 g/mol. The summed E-state index contributed by atoms with van der Waals surface area (Å²) in [6.45, 7) is 5.58. The lowest BCUT2D eigenvalue weighted by Gasteiger charge is -2.19. The topological polar surface area (TPSA) is 49.4 Å². The molecule has 1 saturated heterocycles. The average Bonchev–Trinajstić information content (AvgIpc) is 3.18. The number of anilines is 1. The number of thioether (sulfide) groups is 1. The number of carbonyl (C=O) groups excluding carboxylic acids is 2. The van der Waals surface area contributed by atoms with Gasteiger partial charge in [0.05, 0.1) is 17.0 Å². The highest BCUT2D eigenvalue weighted by atomic mass is 32.2. The maximum Gasteiger partial charge on any atom is 0.256 e. The number of likely N-dealkylation sites (tertiary alicyclic amines) is 1. The second-order valence-corrected chi connectivity index (χ2v) is 8.01. The first kappa shape index (κ1) is 19.5. The van der Waals surface area contributed by atoms with Crippen LogP contribution in [-0.2, 0) is 10.5 Å². The van der Waals surface area contributed by atoms with Crippen molar-refractivity contribution in [2.24, 2.45) is 0 Å². The summed E-state index contributed by atoms with van der Waals surface area (Å²) in [5, 5.41) is 2.94. The minimum atomic E-state index is -0.0758. The van der Waals surface area contributed by atoms with Crippen LogP contribution in [0.3, 0.4) is 0 Å². The van der Waals surface area contributed by atoms with Crippen molar-refractivity contribution in [3.63, 3.8) is 0 Å². The van der Waals surface area contributed by atoms with Gasteiger partial charge in [0.15, 0.2) is 0 Å². The van der Waals surface area contributed by atoms with Crippen molar-refractivity contribution in [2.45, 2.75) is 32.4 Å². The lowest BCUT2D eigenvalue weighted by Crippen LogP contribution is -2.29. The summed E-state index contributed by atoms with van der Waals surface area (Å²) in [4.78, 5) is 27.2. The van der Waals surface area contributed by atoms with Crippen molar-refractivity contribution in [2.75, 3.05) is 24.2 Å². The van der Waals surface area contributed by atoms with Gasteiger partial charge in [-0.3, -0.25) is 9.59 Å². The van der Waals surface area contributed by atoms with Crippen LogP contribution in [0.15, 0.2) is 42.5 Å². The molecule has 1 aliphatic heterocycles. The summed E-state index contributed by atoms with van der Waals surface area (Å²) in [5.74, 6) is 1.10. The van der Waals surface area contributed by atoms with Crippen LogP contribution < -0.4 is 5.32 Å². The Balaban J connectivity index is 1.61. The van der Waals surface area contributed by atoms with Gasteiger partial charge in [-0.2, -0.15) is 0 Å². The average molecular weight is 383 g/mol. The molecule has 0 spiro atoms. The number of nitrogens with zero attached hydrogens (tertiary/aromatic N) is 1. The Hall–Kier alpha value is -2.27. The van der Waals surface area contributed by atoms with Crippen molar-refractivity contribution < 1.29 is 9.59 Å². The summed E-state index contributed by atoms with van der Waals surface area (Å²) < 4.78 is 0. The first-order valence-corrected chi connectivity index (χ1v) is 10.5. The molecule has 1 heterocycles. The predicted molar refractivity (Wildman–Crippen MR) is 112 cm³/mol. The van der Waals surface area contributed by atoms with E-state index in [0.717, 1.165) is 37.2 Å². The molecule has 0 unspecified atom stereocenters. The summed E-state index contributed by atoms with van der Waals surface area (Å²) in [5.41, 5.74) is 4.58. The van der Waals surface area contributed by atoms with Gasteiger partial charge in [0, 0.05) is 18.8 Å². The molecule has 2 amide bonds. The van der Waals surface area contributed by atoms with Gasteiger partial charge in [0.25, 0.3) is 5.91 Å². The molecule has 0 bridgehead atoms. The first-order chi connectivity index (χ1) is 13.0. The van der Waals surface area contributed by atoms with E-state index < -0.39 is 0 Å². The fourth-order valence-corrected chi connectivity index (χ4v) is 4.05. The molecule has 142 valence electrons. The van der Waals surface area contributed by atoms with E-state index in [4.69, 9.17) is 0 Å². The van der Waals surface area contributed by atoms with Gasteiger partial charge in [-0.1, -0.05) is 42.0 Å². The van der Waals surface area contributed by atoms with Crippen LogP contribution in [0.25, 0.3) is 0 Å². The minimum absolute atomic E-state index is 0.0215. The minimum Gasteiger partial charge on any atom is -0.339 e. The summed E-state index contributed by atoms with van der Waals surface area (Å²) >= 11 is 1.58. The molecule has 0 aromatic heterocycles. The van der Waals surface area contributed by atoms with E-state index in [1.54, 1.807) is 11.8 Å². The molecule has 5 heteroatoms. The van der Waals surface area contributed by atoms with Gasteiger partial charge in [0.1, 0.15) is 0 Å². The number of amides is 2. The molecule has 2 aromatic carbocycles. The first-order valence-electron chi connectivity index (χ1n) is 9.36. The van der Waals surface area contributed by atoms with Crippen LogP contribution in [0.4, 0.5) is 5.69 Å². The molecule has 27 heavy (non-hydrogen) atoms. The normalized spacial score (nSPS) is 13.6. The van der Waals surface area contributed by atoms with Crippen LogP contribution in [0.2, 0.25) is 0 Å². The number of hydrogen-bond donors (Lipinski definition) is 1. The van der Waals surface area contributed by atoms with Crippen LogP contribution >= 0.6 is 11.8 Å². The molecule has 1 N–H and O–H groups in total. The summed E-state index contributed by atoms with van der Waals surface area (Å²) in [6.07, 6.45) is 2.10. The third-order valence-corrected chi connectivity index (χ3v) is 5.78. The van der Waals surface area contributed by atoms with Gasteiger partial charge < -0.3 is 10.2 Å². The zero-order valence-corrected chi connectivity index (χ0v) is 16.8. The van der Waals surface area contributed by atoms with E-state index >= 15 is 0 Å². The van der Waals surface area contributed by atoms with Crippen LogP contribution in [-0.4, -0.2) is 35.6 Å². The quantitative estimate of drug-likeness (QED) is 0.805. The highest BCUT2D eigenvalue weighted by Crippen LogP contribution is 2.24. The predicted octanol–water partition coefficient (Wildman–Crippen LogP) is 4.41. The summed E-state index contributed by atoms with van der Waals surface area (Å²) in [6, 6.07) is 14.0. The second-order valence-electron chi connectivity index (χ2n) is 7.02. The Kier molecular flexibility index (Phi) is 6.56. The molecule has 0 aliphatic carbocycles. The molecule has 3 rings (SSSR count). The summed E-state index contributed by atoms with van der Waals surface area (Å²) in [7, 11) is 0. The van der Waals surface area contributed by atoms with E-state index in [1.165, 1.54) is 11.1 Å². The Labute approximate surface area is 165 Å². The van der Waals surface area contributed by atoms with Crippen LogP contribution in [0.1, 0.15) is 39.9 Å². The van der Waals surface area contributed by atoms with E-state index in [9.17, 15) is 9.59 Å². The largest absolute Gasteiger partial charge is 0.339 e. The molecule has 0 atom stereocenters. The van der Waals surface area contributed by atoms with Crippen molar-refractivity contribution in [1.29, 1.82) is 0 Å². The van der Waals surface area contributed by atoms with Gasteiger partial charge in [0.2, 0.25) is 5.91 Å². The molecule has 0 saturated carbocycles. The number of benzene rings is 2. The Morgan fingerprint density at radius 2 is 1.74 bits per heavy atom. The standard InChI is InChI=1S/C22H26N2O2S/c1-16-8-10-18(11-9-16)14-27-15-20(25)23-19-7-5-6-17(2)21(19)22(26)24-12-3-4-13-24/h5-11H,3-4,12-15H2,1-2H3,(H,23,25). The van der Waals surface area contributed by atoms with E-state index in [2.05, 4.69) is 36.5 Å². The Morgan fingerprint density at radius 3 is 2.44 bits per heavy atom. The lowest BCUT2D eigenvalue weighted by molar-refractivity contribution is -0.113. The zero-order chi connectivity index (χ0) is 19.2. The fourth-order valence-electron chi connectivity index (χ4n) is 3.27. The van der Waals surface area contributed by atoms with Gasteiger partial charge in [-0.15, -0.1) is 11.8 Å². The van der Waals surface area contributed by atoms with Crippen molar-refractivity contribution >= 4 is 29.3 Å². The maximum atomic E-state index is 12.9. The van der Waals surface area contributed by atoms with Crippen LogP contribution in [0, 0.1) is 13.8 Å². The van der Waals surface area contributed by atoms with Crippen molar-refractivity contribution in [1.82, 2.24) is 4.90 Å². The maximum absolute atomic E-state index is 12.9. The number of aryl methyl sites for hydroxylation is 2. The highest BCUT2D eigenvalue weighted by molar-refractivity contribution is 7.99. The van der Waals surface area contributed by atoms with Gasteiger partial charge >= 0.3 is 0 Å². The molecular weight excluding hydrogens is 356 g/mol. The molecule has 1 fully saturated rings.